The fourth-order valence-electron chi connectivity index (χ4n) is 4.41. The van der Waals surface area contributed by atoms with Crippen molar-refractivity contribution in [1.29, 1.82) is 0 Å². The van der Waals surface area contributed by atoms with E-state index in [2.05, 4.69) is 22.1 Å². The number of hydrogen-bond donors (Lipinski definition) is 1. The molecule has 0 atom stereocenters. The van der Waals surface area contributed by atoms with Gasteiger partial charge < -0.3 is 15.1 Å². The van der Waals surface area contributed by atoms with Crippen molar-refractivity contribution in [3.8, 4) is 11.3 Å². The number of carbonyl (C=O) groups is 2. The van der Waals surface area contributed by atoms with Crippen LogP contribution < -0.4 is 5.32 Å². The van der Waals surface area contributed by atoms with E-state index in [9.17, 15) is 22.8 Å². The molecule has 5 rings (SSSR count). The largest absolute Gasteiger partial charge is 0.416 e. The lowest BCUT2D eigenvalue weighted by molar-refractivity contribution is -0.137. The van der Waals surface area contributed by atoms with Crippen LogP contribution in [0.15, 0.2) is 59.9 Å². The van der Waals surface area contributed by atoms with Gasteiger partial charge in [0.2, 0.25) is 5.91 Å². The molecule has 2 amide bonds. The van der Waals surface area contributed by atoms with E-state index in [0.717, 1.165) is 49.1 Å². The Bertz CT molecular complexity index is 1180. The highest BCUT2D eigenvalue weighted by atomic mass is 19.4. The third kappa shape index (κ3) is 4.15. The second-order valence-corrected chi connectivity index (χ2v) is 8.63. The summed E-state index contributed by atoms with van der Waals surface area (Å²) in [6.07, 6.45) is -0.841. The van der Waals surface area contributed by atoms with Crippen molar-refractivity contribution in [2.45, 2.75) is 37.9 Å². The first-order valence-corrected chi connectivity index (χ1v) is 11.0. The topological polar surface area (TPSA) is 78.4 Å². The summed E-state index contributed by atoms with van der Waals surface area (Å²) < 4.78 is 38.2. The zero-order valence-corrected chi connectivity index (χ0v) is 18.2. The van der Waals surface area contributed by atoms with Crippen LogP contribution in [0.5, 0.6) is 0 Å². The number of nitrogens with one attached hydrogen (secondary N) is 1. The third-order valence-electron chi connectivity index (χ3n) is 6.20. The summed E-state index contributed by atoms with van der Waals surface area (Å²) in [5.74, 6) is -0.196. The van der Waals surface area contributed by atoms with E-state index in [4.69, 9.17) is 0 Å². The molecule has 10 heteroatoms. The van der Waals surface area contributed by atoms with E-state index in [1.165, 1.54) is 18.2 Å². The lowest BCUT2D eigenvalue weighted by Crippen LogP contribution is -2.39. The molecule has 1 N–H and O–H groups in total. The number of aromatic nitrogens is 2. The first-order valence-electron chi connectivity index (χ1n) is 11.0. The first-order chi connectivity index (χ1) is 16.2. The molecule has 7 nitrogen and oxygen atoms in total. The molecule has 2 aliphatic heterocycles. The van der Waals surface area contributed by atoms with Crippen LogP contribution in [-0.2, 0) is 15.8 Å². The second-order valence-electron chi connectivity index (χ2n) is 8.63. The number of nitrogens with zero attached hydrogens (tertiary/aromatic N) is 4. The van der Waals surface area contributed by atoms with Crippen LogP contribution >= 0.6 is 0 Å². The van der Waals surface area contributed by atoms with E-state index in [-0.39, 0.29) is 30.2 Å². The Morgan fingerprint density at radius 2 is 1.85 bits per heavy atom. The highest BCUT2D eigenvalue weighted by Crippen LogP contribution is 2.42. The number of alkyl halides is 3. The summed E-state index contributed by atoms with van der Waals surface area (Å²) in [5.41, 5.74) is 2.38. The molecule has 1 aromatic heterocycles. The molecular formula is C24H22F3N5O2. The molecule has 0 unspecified atom stereocenters. The molecule has 1 aliphatic carbocycles. The number of hydrogen-bond acceptors (Lipinski definition) is 5. The molecule has 1 saturated carbocycles. The quantitative estimate of drug-likeness (QED) is 0.717. The molecule has 0 radical (unpaired) electrons. The monoisotopic (exact) mass is 469 g/mol. The van der Waals surface area contributed by atoms with Gasteiger partial charge in [-0.1, -0.05) is 18.7 Å². The van der Waals surface area contributed by atoms with Gasteiger partial charge in [0.15, 0.2) is 5.82 Å². The van der Waals surface area contributed by atoms with Crippen molar-refractivity contribution in [3.63, 3.8) is 0 Å². The molecule has 3 heterocycles. The Balaban J connectivity index is 1.24. The molecule has 34 heavy (non-hydrogen) atoms. The Morgan fingerprint density at radius 3 is 2.47 bits per heavy atom. The Hall–Kier alpha value is -3.69. The highest BCUT2D eigenvalue weighted by molar-refractivity contribution is 6.01. The summed E-state index contributed by atoms with van der Waals surface area (Å²) in [6, 6.07) is 7.95. The van der Waals surface area contributed by atoms with Crippen molar-refractivity contribution in [2.75, 3.05) is 18.4 Å². The Labute approximate surface area is 193 Å². The van der Waals surface area contributed by atoms with Gasteiger partial charge in [0.25, 0.3) is 5.91 Å². The van der Waals surface area contributed by atoms with Crippen LogP contribution in [0.3, 0.4) is 0 Å². The van der Waals surface area contributed by atoms with E-state index < -0.39 is 11.7 Å². The van der Waals surface area contributed by atoms with Crippen LogP contribution in [0, 0.1) is 0 Å². The molecule has 1 fully saturated rings. The van der Waals surface area contributed by atoms with Crippen molar-refractivity contribution in [1.82, 2.24) is 20.0 Å². The average molecular weight is 469 g/mol. The van der Waals surface area contributed by atoms with Crippen LogP contribution in [-0.4, -0.2) is 50.9 Å². The number of rotatable bonds is 5. The summed E-state index contributed by atoms with van der Waals surface area (Å²) in [7, 11) is 0. The number of anilines is 1. The Morgan fingerprint density at radius 1 is 1.12 bits per heavy atom. The van der Waals surface area contributed by atoms with Gasteiger partial charge in [-0.2, -0.15) is 13.2 Å². The van der Waals surface area contributed by atoms with Crippen molar-refractivity contribution >= 4 is 17.6 Å². The first kappa shape index (κ1) is 22.1. The van der Waals surface area contributed by atoms with Gasteiger partial charge in [0.1, 0.15) is 5.70 Å². The van der Waals surface area contributed by atoms with Gasteiger partial charge in [0.05, 0.1) is 17.8 Å². The number of allylic oxidation sites excluding steroid dienone is 1. The van der Waals surface area contributed by atoms with Gasteiger partial charge >= 0.3 is 6.18 Å². The maximum Gasteiger partial charge on any atom is 0.416 e. The molecule has 3 aliphatic rings. The molecule has 0 spiro atoms. The van der Waals surface area contributed by atoms with Crippen LogP contribution in [0.4, 0.5) is 19.0 Å². The second kappa shape index (κ2) is 8.27. The minimum atomic E-state index is -4.41. The van der Waals surface area contributed by atoms with Gasteiger partial charge in [-0.15, -0.1) is 10.2 Å². The maximum absolute atomic E-state index is 13.0. The zero-order valence-electron chi connectivity index (χ0n) is 18.2. The standard InChI is InChI=1S/C24H22F3N5O2/c1-14-18-3-2-12-31(22(18)23(34)32(14)17-8-9-17)13-21(33)28-20-11-10-19(29-30-20)15-4-6-16(7-5-15)24(25,26)27/h4-7,10-11,17H,1-3,8-9,12-13H2,(H,28,30,33). The predicted molar refractivity (Wildman–Crippen MR) is 118 cm³/mol. The fraction of sp³-hybridized carbons (Fsp3) is 0.333. The van der Waals surface area contributed by atoms with E-state index >= 15 is 0 Å². The van der Waals surface area contributed by atoms with Crippen LogP contribution in [0.1, 0.15) is 31.2 Å². The van der Waals surface area contributed by atoms with Crippen LogP contribution in [0.25, 0.3) is 11.3 Å². The maximum atomic E-state index is 13.0. The summed E-state index contributed by atoms with van der Waals surface area (Å²) in [6.45, 7) is 4.71. The number of carbonyl (C=O) groups excluding carboxylic acids is 2. The van der Waals surface area contributed by atoms with E-state index in [1.54, 1.807) is 15.9 Å². The third-order valence-corrected chi connectivity index (χ3v) is 6.20. The van der Waals surface area contributed by atoms with Gasteiger partial charge in [-0.25, -0.2) is 0 Å². The number of benzene rings is 1. The Kier molecular flexibility index (Phi) is 5.38. The lowest BCUT2D eigenvalue weighted by atomic mass is 10.0. The molecule has 2 aromatic rings. The predicted octanol–water partition coefficient (Wildman–Crippen LogP) is 3.97. The smallest absolute Gasteiger partial charge is 0.357 e. The van der Waals surface area contributed by atoms with Crippen LogP contribution in [0.2, 0.25) is 0 Å². The SMILES string of the molecule is C=C1C2=C(C(=O)N1C1CC1)N(CC(=O)Nc1ccc(-c3ccc(C(F)(F)F)cc3)nn1)CCC2. The molecule has 0 bridgehead atoms. The fourth-order valence-corrected chi connectivity index (χ4v) is 4.41. The summed E-state index contributed by atoms with van der Waals surface area (Å²) >= 11 is 0. The van der Waals surface area contributed by atoms with E-state index in [1.807, 2.05) is 0 Å². The minimum Gasteiger partial charge on any atom is -0.357 e. The van der Waals surface area contributed by atoms with Gasteiger partial charge in [-0.3, -0.25) is 9.59 Å². The summed E-state index contributed by atoms with van der Waals surface area (Å²) in [4.78, 5) is 29.2. The minimum absolute atomic E-state index is 0.00129. The molecule has 176 valence electrons. The summed E-state index contributed by atoms with van der Waals surface area (Å²) in [5, 5.41) is 10.7. The van der Waals surface area contributed by atoms with Gasteiger partial charge in [0, 0.05) is 29.4 Å². The molecule has 1 aromatic carbocycles. The average Bonchev–Trinajstić information content (AvgIpc) is 3.60. The van der Waals surface area contributed by atoms with Crippen molar-refractivity contribution in [3.05, 3.63) is 65.5 Å². The zero-order chi connectivity index (χ0) is 24.0. The van der Waals surface area contributed by atoms with Crippen molar-refractivity contribution in [2.24, 2.45) is 0 Å². The molecular weight excluding hydrogens is 447 g/mol. The lowest BCUT2D eigenvalue weighted by Gasteiger charge is -2.28. The van der Waals surface area contributed by atoms with Crippen molar-refractivity contribution < 1.29 is 22.8 Å². The van der Waals surface area contributed by atoms with Gasteiger partial charge in [-0.05, 0) is 49.9 Å². The number of halogens is 3. The highest BCUT2D eigenvalue weighted by Gasteiger charge is 2.45. The van der Waals surface area contributed by atoms with E-state index in [0.29, 0.717) is 23.5 Å². The normalized spacial score (nSPS) is 18.4. The number of amides is 2. The molecule has 0 saturated heterocycles.